The lowest BCUT2D eigenvalue weighted by molar-refractivity contribution is 0.0661. The molecule has 1 aliphatic rings. The number of aromatic nitrogens is 3. The maximum absolute atomic E-state index is 10.9. The zero-order chi connectivity index (χ0) is 14.8. The Kier molecular flexibility index (Phi) is 4.01. The molecule has 0 unspecified atom stereocenters. The molecule has 3 rings (SSSR count). The van der Waals surface area contributed by atoms with Crippen LogP contribution in [-0.2, 0) is 18.7 Å². The summed E-state index contributed by atoms with van der Waals surface area (Å²) in [6, 6.07) is 1.59. The summed E-state index contributed by atoms with van der Waals surface area (Å²) in [5.41, 5.74) is 0.892. The van der Waals surface area contributed by atoms with Gasteiger partial charge in [0.2, 0.25) is 5.76 Å². The SMILES string of the molecule is Cc1oc(C(=O)O)cc1CSc1nnc2n1CCCCC2. The zero-order valence-corrected chi connectivity index (χ0v) is 12.7. The van der Waals surface area contributed by atoms with Gasteiger partial charge in [0.15, 0.2) is 5.16 Å². The summed E-state index contributed by atoms with van der Waals surface area (Å²) in [6.07, 6.45) is 4.55. The highest BCUT2D eigenvalue weighted by Gasteiger charge is 2.17. The van der Waals surface area contributed by atoms with Crippen LogP contribution in [0.3, 0.4) is 0 Å². The maximum atomic E-state index is 10.9. The normalized spacial score (nSPS) is 14.7. The summed E-state index contributed by atoms with van der Waals surface area (Å²) in [5, 5.41) is 18.4. The van der Waals surface area contributed by atoms with Crippen LogP contribution in [0.4, 0.5) is 0 Å². The van der Waals surface area contributed by atoms with Crippen molar-refractivity contribution in [1.82, 2.24) is 14.8 Å². The molecular weight excluding hydrogens is 290 g/mol. The molecule has 3 heterocycles. The average molecular weight is 307 g/mol. The Bertz CT molecular complexity index is 662. The topological polar surface area (TPSA) is 81.2 Å². The Balaban J connectivity index is 1.73. The number of rotatable bonds is 4. The number of hydrogen-bond acceptors (Lipinski definition) is 5. The van der Waals surface area contributed by atoms with E-state index in [2.05, 4.69) is 14.8 Å². The Hall–Kier alpha value is -1.76. The van der Waals surface area contributed by atoms with Gasteiger partial charge in [0, 0.05) is 24.3 Å². The van der Waals surface area contributed by atoms with E-state index >= 15 is 0 Å². The van der Waals surface area contributed by atoms with E-state index < -0.39 is 5.97 Å². The number of furan rings is 1. The highest BCUT2D eigenvalue weighted by molar-refractivity contribution is 7.98. The Labute approximate surface area is 126 Å². The lowest BCUT2D eigenvalue weighted by atomic mass is 10.2. The summed E-state index contributed by atoms with van der Waals surface area (Å²) in [6.45, 7) is 2.75. The van der Waals surface area contributed by atoms with Crippen LogP contribution in [0, 0.1) is 6.92 Å². The minimum atomic E-state index is -1.04. The van der Waals surface area contributed by atoms with Crippen LogP contribution >= 0.6 is 11.8 Å². The summed E-state index contributed by atoms with van der Waals surface area (Å²) < 4.78 is 7.41. The van der Waals surface area contributed by atoms with Gasteiger partial charge in [0.1, 0.15) is 11.6 Å². The van der Waals surface area contributed by atoms with Crippen molar-refractivity contribution < 1.29 is 14.3 Å². The van der Waals surface area contributed by atoms with Crippen molar-refractivity contribution in [3.63, 3.8) is 0 Å². The summed E-state index contributed by atoms with van der Waals surface area (Å²) in [7, 11) is 0. The molecule has 0 spiro atoms. The fourth-order valence-corrected chi connectivity index (χ4v) is 3.50. The molecule has 7 heteroatoms. The third-order valence-electron chi connectivity index (χ3n) is 3.66. The molecular formula is C14H17N3O3S. The molecule has 0 saturated heterocycles. The second-order valence-electron chi connectivity index (χ2n) is 5.15. The van der Waals surface area contributed by atoms with Crippen molar-refractivity contribution in [2.24, 2.45) is 0 Å². The molecule has 0 amide bonds. The van der Waals surface area contributed by atoms with Crippen molar-refractivity contribution in [2.75, 3.05) is 0 Å². The van der Waals surface area contributed by atoms with Gasteiger partial charge in [-0.05, 0) is 25.8 Å². The van der Waals surface area contributed by atoms with Crippen LogP contribution in [0.2, 0.25) is 0 Å². The first-order valence-electron chi connectivity index (χ1n) is 7.02. The molecule has 0 fully saturated rings. The van der Waals surface area contributed by atoms with Gasteiger partial charge in [0.05, 0.1) is 0 Å². The number of carbonyl (C=O) groups is 1. The molecule has 21 heavy (non-hydrogen) atoms. The summed E-state index contributed by atoms with van der Waals surface area (Å²) >= 11 is 1.58. The van der Waals surface area contributed by atoms with E-state index in [1.165, 1.54) is 12.8 Å². The average Bonchev–Trinajstić information content (AvgIpc) is 2.92. The van der Waals surface area contributed by atoms with Gasteiger partial charge in [0.25, 0.3) is 0 Å². The molecule has 112 valence electrons. The molecule has 6 nitrogen and oxygen atoms in total. The number of aromatic carboxylic acids is 1. The number of thioether (sulfide) groups is 1. The van der Waals surface area contributed by atoms with Gasteiger partial charge in [-0.2, -0.15) is 0 Å². The predicted molar refractivity (Wildman–Crippen MR) is 77.5 cm³/mol. The molecule has 0 aliphatic carbocycles. The van der Waals surface area contributed by atoms with E-state index in [0.29, 0.717) is 11.5 Å². The smallest absolute Gasteiger partial charge is 0.371 e. The lowest BCUT2D eigenvalue weighted by Crippen LogP contribution is -2.02. The van der Waals surface area contributed by atoms with E-state index in [9.17, 15) is 4.79 Å². The van der Waals surface area contributed by atoms with E-state index in [-0.39, 0.29) is 5.76 Å². The Morgan fingerprint density at radius 3 is 3.05 bits per heavy atom. The second kappa shape index (κ2) is 5.93. The van der Waals surface area contributed by atoms with E-state index in [4.69, 9.17) is 9.52 Å². The minimum absolute atomic E-state index is 0.0110. The monoisotopic (exact) mass is 307 g/mol. The molecule has 2 aromatic rings. The van der Waals surface area contributed by atoms with Crippen molar-refractivity contribution in [3.8, 4) is 0 Å². The van der Waals surface area contributed by atoms with Gasteiger partial charge in [-0.1, -0.05) is 18.2 Å². The fraction of sp³-hybridized carbons (Fsp3) is 0.500. The molecule has 0 saturated carbocycles. The van der Waals surface area contributed by atoms with Crippen molar-refractivity contribution in [1.29, 1.82) is 0 Å². The Morgan fingerprint density at radius 1 is 1.43 bits per heavy atom. The highest BCUT2D eigenvalue weighted by Crippen LogP contribution is 2.27. The largest absolute Gasteiger partial charge is 0.475 e. The van der Waals surface area contributed by atoms with Gasteiger partial charge in [-0.3, -0.25) is 0 Å². The molecule has 1 N–H and O–H groups in total. The standard InChI is InChI=1S/C14H17N3O3S/c1-9-10(7-11(20-9)13(18)19)8-21-14-16-15-12-5-3-2-4-6-17(12)14/h7H,2-6,8H2,1H3,(H,18,19). The zero-order valence-electron chi connectivity index (χ0n) is 11.8. The number of carboxylic acids is 1. The molecule has 0 radical (unpaired) electrons. The molecule has 0 aromatic carbocycles. The van der Waals surface area contributed by atoms with Gasteiger partial charge in [-0.15, -0.1) is 10.2 Å². The molecule has 1 aliphatic heterocycles. The maximum Gasteiger partial charge on any atom is 0.371 e. The number of nitrogens with zero attached hydrogens (tertiary/aromatic N) is 3. The first kappa shape index (κ1) is 14.2. The minimum Gasteiger partial charge on any atom is -0.475 e. The second-order valence-corrected chi connectivity index (χ2v) is 6.09. The van der Waals surface area contributed by atoms with Crippen LogP contribution < -0.4 is 0 Å². The van der Waals surface area contributed by atoms with Crippen LogP contribution in [0.1, 0.15) is 47.0 Å². The first-order valence-corrected chi connectivity index (χ1v) is 8.01. The van der Waals surface area contributed by atoms with Crippen LogP contribution in [0.25, 0.3) is 0 Å². The third-order valence-corrected chi connectivity index (χ3v) is 4.68. The molecule has 0 bridgehead atoms. The van der Waals surface area contributed by atoms with Crippen molar-refractivity contribution >= 4 is 17.7 Å². The lowest BCUT2D eigenvalue weighted by Gasteiger charge is -2.05. The van der Waals surface area contributed by atoms with Gasteiger partial charge in [-0.25, -0.2) is 4.79 Å². The number of hydrogen-bond donors (Lipinski definition) is 1. The molecule has 2 aromatic heterocycles. The Morgan fingerprint density at radius 2 is 2.29 bits per heavy atom. The number of carboxylic acid groups (broad SMARTS) is 1. The summed E-state index contributed by atoms with van der Waals surface area (Å²) in [5.74, 6) is 1.30. The summed E-state index contributed by atoms with van der Waals surface area (Å²) in [4.78, 5) is 10.9. The van der Waals surface area contributed by atoms with Crippen LogP contribution in [0.5, 0.6) is 0 Å². The first-order chi connectivity index (χ1) is 10.1. The van der Waals surface area contributed by atoms with Crippen LogP contribution in [-0.4, -0.2) is 25.8 Å². The number of fused-ring (bicyclic) bond motifs is 1. The fourth-order valence-electron chi connectivity index (χ4n) is 2.48. The van der Waals surface area contributed by atoms with E-state index in [1.807, 2.05) is 0 Å². The van der Waals surface area contributed by atoms with Crippen molar-refractivity contribution in [2.45, 2.75) is 50.1 Å². The van der Waals surface area contributed by atoms with Crippen molar-refractivity contribution in [3.05, 3.63) is 29.0 Å². The van der Waals surface area contributed by atoms with Gasteiger partial charge < -0.3 is 14.1 Å². The van der Waals surface area contributed by atoms with Crippen LogP contribution in [0.15, 0.2) is 15.6 Å². The van der Waals surface area contributed by atoms with Gasteiger partial charge >= 0.3 is 5.97 Å². The number of aryl methyl sites for hydroxylation is 2. The predicted octanol–water partition coefficient (Wildman–Crippen LogP) is 2.90. The third kappa shape index (κ3) is 2.97. The highest BCUT2D eigenvalue weighted by atomic mass is 32.2. The van der Waals surface area contributed by atoms with E-state index in [1.54, 1.807) is 24.8 Å². The quantitative estimate of drug-likeness (QED) is 0.875. The molecule has 0 atom stereocenters. The van der Waals surface area contributed by atoms with E-state index in [0.717, 1.165) is 35.9 Å².